The number of aromatic nitrogens is 1. The molecule has 0 radical (unpaired) electrons. The molecule has 0 saturated carbocycles. The van der Waals surface area contributed by atoms with E-state index in [1.807, 2.05) is 6.92 Å². The Kier molecular flexibility index (Phi) is 7.88. The van der Waals surface area contributed by atoms with E-state index < -0.39 is 23.6 Å². The molecule has 1 aromatic heterocycles. The van der Waals surface area contributed by atoms with E-state index in [0.29, 0.717) is 19.6 Å². The number of nitrogens with zero attached hydrogens (tertiary/aromatic N) is 2. The van der Waals surface area contributed by atoms with E-state index >= 15 is 0 Å². The molecule has 0 atom stereocenters. The van der Waals surface area contributed by atoms with Gasteiger partial charge in [-0.25, -0.2) is 23.4 Å². The first-order valence-electron chi connectivity index (χ1n) is 8.56. The van der Waals surface area contributed by atoms with Gasteiger partial charge in [0.05, 0.1) is 13.7 Å². The Bertz CT molecular complexity index is 812. The third-order valence-electron chi connectivity index (χ3n) is 3.65. The summed E-state index contributed by atoms with van der Waals surface area (Å²) in [5.41, 5.74) is 0.0779. The highest BCUT2D eigenvalue weighted by atomic mass is 19.2. The lowest BCUT2D eigenvalue weighted by molar-refractivity contribution is 0.0594. The van der Waals surface area contributed by atoms with Crippen molar-refractivity contribution in [1.29, 1.82) is 0 Å². The van der Waals surface area contributed by atoms with E-state index in [1.165, 1.54) is 18.1 Å². The maximum Gasteiger partial charge on any atom is 0.360 e. The molecule has 0 bridgehead atoms. The minimum atomic E-state index is -1.07. The molecule has 0 aliphatic rings. The summed E-state index contributed by atoms with van der Waals surface area (Å²) in [6, 6.07) is 2.47. The van der Waals surface area contributed by atoms with Crippen LogP contribution < -0.4 is 5.32 Å². The molecule has 0 saturated heterocycles. The molecule has 0 fully saturated rings. The standard InChI is InChI=1S/C18H21F2N3O5/c1-3-27-8-4-7-23(10-16-22-15(11-28-16)17(24)26-2)18(25)21-12-5-6-13(19)14(20)9-12/h5-6,9,11H,3-4,7-8,10H2,1-2H3,(H,21,25). The number of esters is 1. The summed E-state index contributed by atoms with van der Waals surface area (Å²) in [6.07, 6.45) is 1.66. The number of amides is 2. The predicted molar refractivity (Wildman–Crippen MR) is 94.7 cm³/mol. The van der Waals surface area contributed by atoms with E-state index in [9.17, 15) is 18.4 Å². The van der Waals surface area contributed by atoms with Crippen molar-refractivity contribution < 1.29 is 32.3 Å². The second-order valence-corrected chi connectivity index (χ2v) is 5.65. The Labute approximate surface area is 160 Å². The summed E-state index contributed by atoms with van der Waals surface area (Å²) in [5.74, 6) is -2.63. The molecule has 0 unspecified atom stereocenters. The maximum atomic E-state index is 13.4. The molecule has 10 heteroatoms. The number of hydrogen-bond acceptors (Lipinski definition) is 6. The minimum absolute atomic E-state index is 0.0206. The topological polar surface area (TPSA) is 93.9 Å². The number of carbonyl (C=O) groups excluding carboxylic acids is 2. The molecule has 1 aromatic carbocycles. The van der Waals surface area contributed by atoms with Gasteiger partial charge in [0.25, 0.3) is 0 Å². The molecule has 152 valence electrons. The Balaban J connectivity index is 2.08. The fourth-order valence-electron chi connectivity index (χ4n) is 2.28. The lowest BCUT2D eigenvalue weighted by atomic mass is 10.3. The van der Waals surface area contributed by atoms with Gasteiger partial charge in [0, 0.05) is 31.5 Å². The van der Waals surface area contributed by atoms with Crippen LogP contribution in [-0.2, 0) is 16.0 Å². The average Bonchev–Trinajstić information content (AvgIpc) is 3.15. The fourth-order valence-corrected chi connectivity index (χ4v) is 2.28. The third-order valence-corrected chi connectivity index (χ3v) is 3.65. The number of oxazole rings is 1. The van der Waals surface area contributed by atoms with Crippen molar-refractivity contribution in [2.24, 2.45) is 0 Å². The highest BCUT2D eigenvalue weighted by Crippen LogP contribution is 2.15. The maximum absolute atomic E-state index is 13.4. The number of urea groups is 1. The SMILES string of the molecule is CCOCCCN(Cc1nc(C(=O)OC)co1)C(=O)Nc1ccc(F)c(F)c1. The summed E-state index contributed by atoms with van der Waals surface area (Å²) in [4.78, 5) is 29.4. The van der Waals surface area contributed by atoms with E-state index in [0.717, 1.165) is 18.4 Å². The van der Waals surface area contributed by atoms with Crippen molar-refractivity contribution in [2.75, 3.05) is 32.2 Å². The summed E-state index contributed by atoms with van der Waals surface area (Å²) in [6.45, 7) is 3.08. The average molecular weight is 397 g/mol. The first kappa shape index (κ1) is 21.3. The van der Waals surface area contributed by atoms with Gasteiger partial charge in [0.2, 0.25) is 5.89 Å². The molecule has 2 aromatic rings. The number of ether oxygens (including phenoxy) is 2. The van der Waals surface area contributed by atoms with Crippen LogP contribution in [0.2, 0.25) is 0 Å². The van der Waals surface area contributed by atoms with Crippen LogP contribution in [0.15, 0.2) is 28.9 Å². The number of anilines is 1. The van der Waals surface area contributed by atoms with Crippen LogP contribution in [0.4, 0.5) is 19.3 Å². The van der Waals surface area contributed by atoms with Gasteiger partial charge in [-0.2, -0.15) is 0 Å². The van der Waals surface area contributed by atoms with Crippen LogP contribution in [0.5, 0.6) is 0 Å². The number of nitrogens with one attached hydrogen (secondary N) is 1. The number of carbonyl (C=O) groups is 2. The second kappa shape index (κ2) is 10.4. The number of halogens is 2. The highest BCUT2D eigenvalue weighted by Gasteiger charge is 2.19. The Morgan fingerprint density at radius 3 is 2.75 bits per heavy atom. The first-order chi connectivity index (χ1) is 13.4. The van der Waals surface area contributed by atoms with Gasteiger partial charge in [0.1, 0.15) is 6.26 Å². The van der Waals surface area contributed by atoms with E-state index in [4.69, 9.17) is 9.15 Å². The Morgan fingerprint density at radius 1 is 1.29 bits per heavy atom. The van der Waals surface area contributed by atoms with Crippen LogP contribution >= 0.6 is 0 Å². The molecule has 1 N–H and O–H groups in total. The van der Waals surface area contributed by atoms with Crippen molar-refractivity contribution in [3.05, 3.63) is 47.7 Å². The van der Waals surface area contributed by atoms with E-state index in [1.54, 1.807) is 0 Å². The molecular formula is C18H21F2N3O5. The monoisotopic (exact) mass is 397 g/mol. The van der Waals surface area contributed by atoms with Crippen molar-refractivity contribution >= 4 is 17.7 Å². The number of rotatable bonds is 9. The number of benzene rings is 1. The van der Waals surface area contributed by atoms with Crippen LogP contribution in [0.1, 0.15) is 29.7 Å². The molecule has 2 rings (SSSR count). The van der Waals surface area contributed by atoms with Gasteiger partial charge in [-0.15, -0.1) is 0 Å². The smallest absolute Gasteiger partial charge is 0.360 e. The zero-order valence-electron chi connectivity index (χ0n) is 15.5. The lowest BCUT2D eigenvalue weighted by Crippen LogP contribution is -2.36. The Hall–Kier alpha value is -3.01. The van der Waals surface area contributed by atoms with E-state index in [-0.39, 0.29) is 30.4 Å². The van der Waals surface area contributed by atoms with Crippen LogP contribution in [0.3, 0.4) is 0 Å². The summed E-state index contributed by atoms with van der Waals surface area (Å²) < 4.78 is 41.4. The van der Waals surface area contributed by atoms with Crippen LogP contribution in [-0.4, -0.2) is 48.8 Å². The molecule has 8 nitrogen and oxygen atoms in total. The summed E-state index contributed by atoms with van der Waals surface area (Å²) >= 11 is 0. The molecule has 28 heavy (non-hydrogen) atoms. The Morgan fingerprint density at radius 2 is 2.07 bits per heavy atom. The second-order valence-electron chi connectivity index (χ2n) is 5.65. The lowest BCUT2D eigenvalue weighted by Gasteiger charge is -2.21. The van der Waals surface area contributed by atoms with Gasteiger partial charge >= 0.3 is 12.0 Å². The summed E-state index contributed by atoms with van der Waals surface area (Å²) in [5, 5.41) is 2.49. The fraction of sp³-hybridized carbons (Fsp3) is 0.389. The number of methoxy groups -OCH3 is 1. The van der Waals surface area contributed by atoms with Gasteiger partial charge < -0.3 is 24.1 Å². The predicted octanol–water partition coefficient (Wildman–Crippen LogP) is 3.20. The highest BCUT2D eigenvalue weighted by molar-refractivity contribution is 5.89. The normalized spacial score (nSPS) is 10.6. The van der Waals surface area contributed by atoms with Gasteiger partial charge in [-0.1, -0.05) is 0 Å². The van der Waals surface area contributed by atoms with Gasteiger partial charge in [0.15, 0.2) is 17.3 Å². The van der Waals surface area contributed by atoms with Crippen LogP contribution in [0, 0.1) is 11.6 Å². The largest absolute Gasteiger partial charge is 0.464 e. The van der Waals surface area contributed by atoms with Gasteiger partial charge in [-0.3, -0.25) is 0 Å². The summed E-state index contributed by atoms with van der Waals surface area (Å²) in [7, 11) is 1.21. The van der Waals surface area contributed by atoms with E-state index in [2.05, 4.69) is 15.0 Å². The molecule has 1 heterocycles. The zero-order valence-corrected chi connectivity index (χ0v) is 15.5. The van der Waals surface area contributed by atoms with Crippen molar-refractivity contribution in [1.82, 2.24) is 9.88 Å². The van der Waals surface area contributed by atoms with Crippen molar-refractivity contribution in [3.63, 3.8) is 0 Å². The quantitative estimate of drug-likeness (QED) is 0.516. The molecule has 0 spiro atoms. The molecular weight excluding hydrogens is 376 g/mol. The number of hydrogen-bond donors (Lipinski definition) is 1. The van der Waals surface area contributed by atoms with Crippen molar-refractivity contribution in [3.8, 4) is 0 Å². The zero-order chi connectivity index (χ0) is 20.5. The third kappa shape index (κ3) is 6.02. The minimum Gasteiger partial charge on any atom is -0.464 e. The van der Waals surface area contributed by atoms with Gasteiger partial charge in [-0.05, 0) is 25.5 Å². The van der Waals surface area contributed by atoms with Crippen LogP contribution in [0.25, 0.3) is 0 Å². The van der Waals surface area contributed by atoms with Crippen molar-refractivity contribution in [2.45, 2.75) is 19.9 Å². The molecule has 2 amide bonds. The molecule has 0 aliphatic heterocycles. The first-order valence-corrected chi connectivity index (χ1v) is 8.56. The molecule has 0 aliphatic carbocycles.